The minimum atomic E-state index is -0.791. The smallest absolute Gasteiger partial charge is 0.295 e. The third-order valence-corrected chi connectivity index (χ3v) is 5.93. The number of Topliss-reactive ketones (excluding diaryl/α,β-unsaturated/α-hetero) is 1. The standard InChI is InChI=1S/C24H27N3O6/c1-31-18-7-6-16(15-19(18)32-2)22(28)20-21(17-5-3-4-8-25-17)27(24(30)23(20)29)10-9-26-11-13-33-14-12-26/h3-8,15,21,28H,9-14H2,1-2H3/t21-/m0/s1. The molecule has 1 aromatic heterocycles. The number of carbonyl (C=O) groups is 2. The van der Waals surface area contributed by atoms with Gasteiger partial charge in [-0.25, -0.2) is 0 Å². The average Bonchev–Trinajstić information content (AvgIpc) is 3.12. The molecule has 1 amide bonds. The second-order valence-electron chi connectivity index (χ2n) is 7.77. The lowest BCUT2D eigenvalue weighted by molar-refractivity contribution is -0.140. The number of benzene rings is 1. The van der Waals surface area contributed by atoms with Gasteiger partial charge in [0.1, 0.15) is 11.8 Å². The third-order valence-electron chi connectivity index (χ3n) is 5.93. The van der Waals surface area contributed by atoms with E-state index in [4.69, 9.17) is 14.2 Å². The molecule has 2 saturated heterocycles. The highest BCUT2D eigenvalue weighted by molar-refractivity contribution is 6.46. The Labute approximate surface area is 192 Å². The van der Waals surface area contributed by atoms with Crippen LogP contribution in [0, 0.1) is 0 Å². The quantitative estimate of drug-likeness (QED) is 0.385. The maximum absolute atomic E-state index is 13.1. The Morgan fingerprint density at radius 3 is 2.52 bits per heavy atom. The number of ketones is 1. The summed E-state index contributed by atoms with van der Waals surface area (Å²) in [5.74, 6) is -0.779. The normalized spacial score (nSPS) is 20.8. The van der Waals surface area contributed by atoms with Crippen LogP contribution >= 0.6 is 0 Å². The molecule has 9 heteroatoms. The maximum atomic E-state index is 13.1. The van der Waals surface area contributed by atoms with Crippen molar-refractivity contribution in [3.63, 3.8) is 0 Å². The number of aliphatic hydroxyl groups excluding tert-OH is 1. The molecular formula is C24H27N3O6. The topological polar surface area (TPSA) is 101 Å². The van der Waals surface area contributed by atoms with E-state index in [1.165, 1.54) is 19.1 Å². The maximum Gasteiger partial charge on any atom is 0.295 e. The molecule has 9 nitrogen and oxygen atoms in total. The molecule has 0 aliphatic carbocycles. The van der Waals surface area contributed by atoms with E-state index in [2.05, 4.69) is 9.88 Å². The van der Waals surface area contributed by atoms with Gasteiger partial charge in [-0.1, -0.05) is 6.07 Å². The van der Waals surface area contributed by atoms with Gasteiger partial charge >= 0.3 is 0 Å². The SMILES string of the molecule is COc1ccc(C(O)=C2C(=O)C(=O)N(CCN3CCOCC3)[C@H]2c2ccccn2)cc1OC. The van der Waals surface area contributed by atoms with Gasteiger partial charge in [0.25, 0.3) is 11.7 Å². The van der Waals surface area contributed by atoms with Gasteiger partial charge < -0.3 is 24.2 Å². The summed E-state index contributed by atoms with van der Waals surface area (Å²) in [6.45, 7) is 3.74. The summed E-state index contributed by atoms with van der Waals surface area (Å²) >= 11 is 0. The first-order valence-electron chi connectivity index (χ1n) is 10.8. The number of nitrogens with zero attached hydrogens (tertiary/aromatic N) is 3. The summed E-state index contributed by atoms with van der Waals surface area (Å²) in [4.78, 5) is 34.2. The molecule has 1 atom stereocenters. The van der Waals surface area contributed by atoms with Crippen LogP contribution in [0.2, 0.25) is 0 Å². The number of aromatic nitrogens is 1. The van der Waals surface area contributed by atoms with E-state index in [9.17, 15) is 14.7 Å². The largest absolute Gasteiger partial charge is 0.507 e. The fraction of sp³-hybridized carbons (Fsp3) is 0.375. The number of likely N-dealkylation sites (tertiary alicyclic amines) is 1. The van der Waals surface area contributed by atoms with Gasteiger partial charge in [-0.15, -0.1) is 0 Å². The number of pyridine rings is 1. The number of amides is 1. The molecule has 33 heavy (non-hydrogen) atoms. The van der Waals surface area contributed by atoms with Gasteiger partial charge in [-0.3, -0.25) is 19.5 Å². The lowest BCUT2D eigenvalue weighted by Gasteiger charge is -2.30. The van der Waals surface area contributed by atoms with E-state index in [1.54, 1.807) is 42.6 Å². The molecule has 2 aliphatic rings. The molecule has 0 saturated carbocycles. The van der Waals surface area contributed by atoms with E-state index < -0.39 is 17.7 Å². The highest BCUT2D eigenvalue weighted by atomic mass is 16.5. The molecular weight excluding hydrogens is 426 g/mol. The molecule has 1 aromatic carbocycles. The lowest BCUT2D eigenvalue weighted by Crippen LogP contribution is -2.42. The number of morpholine rings is 1. The van der Waals surface area contributed by atoms with Gasteiger partial charge in [0.05, 0.1) is 38.7 Å². The Morgan fingerprint density at radius 1 is 1.09 bits per heavy atom. The van der Waals surface area contributed by atoms with Crippen LogP contribution in [0.25, 0.3) is 5.76 Å². The van der Waals surface area contributed by atoms with Crippen LogP contribution in [-0.2, 0) is 14.3 Å². The first kappa shape index (κ1) is 22.8. The van der Waals surface area contributed by atoms with E-state index in [0.717, 1.165) is 13.1 Å². The van der Waals surface area contributed by atoms with Crippen molar-refractivity contribution >= 4 is 17.4 Å². The van der Waals surface area contributed by atoms with Gasteiger partial charge in [0.15, 0.2) is 11.5 Å². The minimum absolute atomic E-state index is 0.00731. The molecule has 2 fully saturated rings. The first-order chi connectivity index (χ1) is 16.0. The molecule has 2 aromatic rings. The van der Waals surface area contributed by atoms with Gasteiger partial charge in [0, 0.05) is 37.9 Å². The van der Waals surface area contributed by atoms with Crippen LogP contribution in [0.1, 0.15) is 17.3 Å². The Morgan fingerprint density at radius 2 is 1.85 bits per heavy atom. The zero-order valence-corrected chi connectivity index (χ0v) is 18.7. The number of ether oxygens (including phenoxy) is 3. The van der Waals surface area contributed by atoms with E-state index in [0.29, 0.717) is 49.1 Å². The highest BCUT2D eigenvalue weighted by Crippen LogP contribution is 2.39. The minimum Gasteiger partial charge on any atom is -0.507 e. The fourth-order valence-corrected chi connectivity index (χ4v) is 4.17. The number of hydrogen-bond acceptors (Lipinski definition) is 8. The van der Waals surface area contributed by atoms with Crippen LogP contribution in [0.15, 0.2) is 48.2 Å². The zero-order valence-electron chi connectivity index (χ0n) is 18.7. The summed E-state index contributed by atoms with van der Waals surface area (Å²) in [7, 11) is 3.00. The van der Waals surface area contributed by atoms with Gasteiger partial charge in [0.2, 0.25) is 0 Å². The zero-order chi connectivity index (χ0) is 23.4. The summed E-state index contributed by atoms with van der Waals surface area (Å²) in [6.07, 6.45) is 1.60. The predicted molar refractivity (Wildman–Crippen MR) is 120 cm³/mol. The molecule has 3 heterocycles. The monoisotopic (exact) mass is 453 g/mol. The van der Waals surface area contributed by atoms with Crippen molar-refractivity contribution in [3.05, 3.63) is 59.4 Å². The molecule has 2 aliphatic heterocycles. The highest BCUT2D eigenvalue weighted by Gasteiger charge is 2.46. The average molecular weight is 453 g/mol. The Balaban J connectivity index is 1.73. The molecule has 0 unspecified atom stereocenters. The Kier molecular flexibility index (Phi) is 6.90. The van der Waals surface area contributed by atoms with E-state index >= 15 is 0 Å². The van der Waals surface area contributed by atoms with Crippen LogP contribution in [0.5, 0.6) is 11.5 Å². The van der Waals surface area contributed by atoms with Crippen molar-refractivity contribution in [2.45, 2.75) is 6.04 Å². The van der Waals surface area contributed by atoms with Crippen LogP contribution in [0.3, 0.4) is 0 Å². The van der Waals surface area contributed by atoms with Crippen molar-refractivity contribution in [3.8, 4) is 11.5 Å². The first-order valence-corrected chi connectivity index (χ1v) is 10.8. The predicted octanol–water partition coefficient (Wildman–Crippen LogP) is 1.85. The molecule has 0 radical (unpaired) electrons. The van der Waals surface area contributed by atoms with Crippen LogP contribution < -0.4 is 9.47 Å². The molecule has 174 valence electrons. The number of rotatable bonds is 7. The fourth-order valence-electron chi connectivity index (χ4n) is 4.17. The summed E-state index contributed by atoms with van der Waals surface area (Å²) < 4.78 is 16.0. The summed E-state index contributed by atoms with van der Waals surface area (Å²) in [5.41, 5.74) is 0.869. The van der Waals surface area contributed by atoms with Crippen molar-refractivity contribution in [2.24, 2.45) is 0 Å². The third kappa shape index (κ3) is 4.55. The second-order valence-corrected chi connectivity index (χ2v) is 7.77. The Bertz CT molecular complexity index is 1050. The molecule has 4 rings (SSSR count). The van der Waals surface area contributed by atoms with E-state index in [-0.39, 0.29) is 11.3 Å². The van der Waals surface area contributed by atoms with E-state index in [1.807, 2.05) is 0 Å². The number of carbonyl (C=O) groups excluding carboxylic acids is 2. The number of aliphatic hydroxyl groups is 1. The number of hydrogen-bond donors (Lipinski definition) is 1. The van der Waals surface area contributed by atoms with Gasteiger partial charge in [-0.05, 0) is 30.3 Å². The lowest BCUT2D eigenvalue weighted by atomic mass is 9.98. The van der Waals surface area contributed by atoms with Crippen molar-refractivity contribution in [1.29, 1.82) is 0 Å². The second kappa shape index (κ2) is 10.0. The molecule has 0 spiro atoms. The van der Waals surface area contributed by atoms with Crippen LogP contribution in [-0.4, -0.2) is 85.2 Å². The summed E-state index contributed by atoms with van der Waals surface area (Å²) in [6, 6.07) is 9.34. The molecule has 0 bridgehead atoms. The van der Waals surface area contributed by atoms with Crippen molar-refractivity contribution < 1.29 is 28.9 Å². The van der Waals surface area contributed by atoms with Crippen LogP contribution in [0.4, 0.5) is 0 Å². The Hall–Kier alpha value is -3.43. The van der Waals surface area contributed by atoms with Crippen molar-refractivity contribution in [2.75, 3.05) is 53.6 Å². The molecule has 1 N–H and O–H groups in total. The number of methoxy groups -OCH3 is 2. The van der Waals surface area contributed by atoms with Gasteiger partial charge in [-0.2, -0.15) is 0 Å². The summed E-state index contributed by atoms with van der Waals surface area (Å²) in [5, 5.41) is 11.2. The van der Waals surface area contributed by atoms with Crippen molar-refractivity contribution in [1.82, 2.24) is 14.8 Å².